The third-order valence-electron chi connectivity index (χ3n) is 6.54. The number of nitrogens with zero attached hydrogens (tertiary/aromatic N) is 5. The molecule has 1 fully saturated rings. The van der Waals surface area contributed by atoms with Gasteiger partial charge in [-0.3, -0.25) is 4.72 Å². The predicted molar refractivity (Wildman–Crippen MR) is 156 cm³/mol. The second-order valence-corrected chi connectivity index (χ2v) is 13.2. The topological polar surface area (TPSA) is 108 Å². The molecule has 0 unspecified atom stereocenters. The Morgan fingerprint density at radius 3 is 2.17 bits per heavy atom. The number of carbonyl (C=O) groups is 1. The van der Waals surface area contributed by atoms with Crippen LogP contribution in [0.4, 0.5) is 27.8 Å². The van der Waals surface area contributed by atoms with Crippen molar-refractivity contribution in [3.8, 4) is 0 Å². The number of benzene rings is 2. The van der Waals surface area contributed by atoms with Crippen LogP contribution in [0.3, 0.4) is 0 Å². The van der Waals surface area contributed by atoms with E-state index in [1.165, 1.54) is 18.2 Å². The number of fused-ring (bicyclic) bond motifs is 1. The minimum atomic E-state index is -3.86. The number of anilines is 4. The molecule has 13 heteroatoms. The smallest absolute Gasteiger partial charge is 0.410 e. The molecular formula is C27H30Cl2N6O4S. The summed E-state index contributed by atoms with van der Waals surface area (Å²) in [6.45, 7) is 8.64. The molecule has 2 aromatic carbocycles. The number of nitrogens with one attached hydrogen (secondary N) is 1. The second kappa shape index (κ2) is 10.9. The first-order chi connectivity index (χ1) is 18.9. The molecule has 0 saturated carbocycles. The number of piperazine rings is 1. The van der Waals surface area contributed by atoms with E-state index in [-0.39, 0.29) is 21.0 Å². The van der Waals surface area contributed by atoms with E-state index in [0.717, 1.165) is 23.5 Å². The standard InChI is InChI=1S/C27H30Cl2N6O4S/c1-27(2,3)39-26(36)34-12-10-33(11-13-34)24-6-7-25(31-30-24)35-9-8-18-14-21(4-5-23(18)35)32-40(37,38)22-16-19(28)15-20(29)17-22/h4-7,14-17,32H,8-13H2,1-3H3. The maximum absolute atomic E-state index is 12.9. The van der Waals surface area contributed by atoms with Gasteiger partial charge in [0, 0.05) is 54.1 Å². The lowest BCUT2D eigenvalue weighted by Gasteiger charge is -2.36. The van der Waals surface area contributed by atoms with Gasteiger partial charge in [0.1, 0.15) is 5.60 Å². The lowest BCUT2D eigenvalue weighted by atomic mass is 10.1. The first kappa shape index (κ1) is 28.3. The quantitative estimate of drug-likeness (QED) is 0.416. The van der Waals surface area contributed by atoms with Crippen LogP contribution in [-0.4, -0.2) is 67.9 Å². The molecular weight excluding hydrogens is 575 g/mol. The lowest BCUT2D eigenvalue weighted by molar-refractivity contribution is 0.0240. The SMILES string of the molecule is CC(C)(C)OC(=O)N1CCN(c2ccc(N3CCc4cc(NS(=O)(=O)c5cc(Cl)cc(Cl)c5)ccc43)nn2)CC1. The minimum absolute atomic E-state index is 0.00579. The van der Waals surface area contributed by atoms with Gasteiger partial charge < -0.3 is 19.4 Å². The summed E-state index contributed by atoms with van der Waals surface area (Å²) in [5, 5.41) is 9.40. The van der Waals surface area contributed by atoms with Gasteiger partial charge in [-0.1, -0.05) is 23.2 Å². The lowest BCUT2D eigenvalue weighted by Crippen LogP contribution is -2.50. The van der Waals surface area contributed by atoms with Crippen LogP contribution in [0, 0.1) is 0 Å². The summed E-state index contributed by atoms with van der Waals surface area (Å²) in [4.78, 5) is 18.2. The van der Waals surface area contributed by atoms with Gasteiger partial charge in [0.05, 0.1) is 4.90 Å². The van der Waals surface area contributed by atoms with Gasteiger partial charge in [0.25, 0.3) is 10.0 Å². The number of sulfonamides is 1. The molecule has 0 bridgehead atoms. The molecule has 10 nitrogen and oxygen atoms in total. The predicted octanol–water partition coefficient (Wildman–Crippen LogP) is 5.34. The molecule has 0 radical (unpaired) electrons. The number of hydrogen-bond acceptors (Lipinski definition) is 8. The molecule has 3 aromatic rings. The van der Waals surface area contributed by atoms with Crippen LogP contribution in [0.5, 0.6) is 0 Å². The zero-order chi connectivity index (χ0) is 28.7. The molecule has 40 heavy (non-hydrogen) atoms. The van der Waals surface area contributed by atoms with E-state index in [0.29, 0.717) is 44.2 Å². The fourth-order valence-corrected chi connectivity index (χ4v) is 6.45. The van der Waals surface area contributed by atoms with Gasteiger partial charge >= 0.3 is 6.09 Å². The van der Waals surface area contributed by atoms with Crippen molar-refractivity contribution in [1.82, 2.24) is 15.1 Å². The van der Waals surface area contributed by atoms with Crippen molar-refractivity contribution < 1.29 is 17.9 Å². The zero-order valence-corrected chi connectivity index (χ0v) is 24.7. The normalized spacial score (nSPS) is 15.7. The van der Waals surface area contributed by atoms with Crippen molar-refractivity contribution in [3.05, 3.63) is 64.1 Å². The zero-order valence-electron chi connectivity index (χ0n) is 22.4. The van der Waals surface area contributed by atoms with Gasteiger partial charge in [-0.25, -0.2) is 13.2 Å². The van der Waals surface area contributed by atoms with Crippen LogP contribution < -0.4 is 14.5 Å². The fraction of sp³-hybridized carbons (Fsp3) is 0.370. The van der Waals surface area contributed by atoms with E-state index >= 15 is 0 Å². The van der Waals surface area contributed by atoms with Crippen LogP contribution in [0.2, 0.25) is 10.0 Å². The number of ether oxygens (including phenoxy) is 1. The van der Waals surface area contributed by atoms with Gasteiger partial charge in [0.15, 0.2) is 11.6 Å². The summed E-state index contributed by atoms with van der Waals surface area (Å²) in [6, 6.07) is 13.5. The Labute approximate surface area is 243 Å². The number of halogens is 2. The molecule has 0 aliphatic carbocycles. The van der Waals surface area contributed by atoms with Crippen LogP contribution in [0.15, 0.2) is 53.4 Å². The highest BCUT2D eigenvalue weighted by molar-refractivity contribution is 7.92. The molecule has 3 heterocycles. The number of amides is 1. The molecule has 1 saturated heterocycles. The van der Waals surface area contributed by atoms with Gasteiger partial charge in [-0.15, -0.1) is 10.2 Å². The maximum Gasteiger partial charge on any atom is 0.410 e. The summed E-state index contributed by atoms with van der Waals surface area (Å²) >= 11 is 12.0. The number of rotatable bonds is 5. The van der Waals surface area contributed by atoms with Crippen molar-refractivity contribution in [3.63, 3.8) is 0 Å². The number of aromatic nitrogens is 2. The van der Waals surface area contributed by atoms with E-state index in [1.807, 2.05) is 45.0 Å². The minimum Gasteiger partial charge on any atom is -0.444 e. The fourth-order valence-electron chi connectivity index (χ4n) is 4.68. The molecule has 0 spiro atoms. The van der Waals surface area contributed by atoms with E-state index in [9.17, 15) is 13.2 Å². The summed E-state index contributed by atoms with van der Waals surface area (Å²) < 4.78 is 33.8. The van der Waals surface area contributed by atoms with Gasteiger partial charge in [-0.05, 0) is 81.3 Å². The molecule has 0 atom stereocenters. The average Bonchev–Trinajstić information content (AvgIpc) is 3.30. The highest BCUT2D eigenvalue weighted by atomic mass is 35.5. The summed E-state index contributed by atoms with van der Waals surface area (Å²) in [5.74, 6) is 1.45. The molecule has 1 amide bonds. The Hall–Kier alpha value is -3.28. The van der Waals surface area contributed by atoms with Crippen LogP contribution in [0.1, 0.15) is 26.3 Å². The van der Waals surface area contributed by atoms with Gasteiger partial charge in [-0.2, -0.15) is 0 Å². The van der Waals surface area contributed by atoms with Crippen molar-refractivity contribution in [2.45, 2.75) is 37.7 Å². The van der Waals surface area contributed by atoms with Gasteiger partial charge in [0.2, 0.25) is 0 Å². The largest absolute Gasteiger partial charge is 0.444 e. The Balaban J connectivity index is 1.23. The summed E-state index contributed by atoms with van der Waals surface area (Å²) in [6.07, 6.45) is 0.426. The van der Waals surface area contributed by atoms with E-state index < -0.39 is 15.6 Å². The first-order valence-corrected chi connectivity index (χ1v) is 15.1. The molecule has 5 rings (SSSR count). The Morgan fingerprint density at radius 2 is 1.55 bits per heavy atom. The van der Waals surface area contributed by atoms with E-state index in [2.05, 4.69) is 24.7 Å². The van der Waals surface area contributed by atoms with Crippen molar-refractivity contribution >= 4 is 62.3 Å². The third-order valence-corrected chi connectivity index (χ3v) is 8.34. The Morgan fingerprint density at radius 1 is 0.900 bits per heavy atom. The maximum atomic E-state index is 12.9. The summed E-state index contributed by atoms with van der Waals surface area (Å²) in [7, 11) is -3.86. The molecule has 2 aliphatic rings. The number of hydrogen-bond donors (Lipinski definition) is 1. The van der Waals surface area contributed by atoms with Crippen LogP contribution >= 0.6 is 23.2 Å². The summed E-state index contributed by atoms with van der Waals surface area (Å²) in [5.41, 5.74) is 1.87. The molecule has 1 aromatic heterocycles. The van der Waals surface area contributed by atoms with Crippen molar-refractivity contribution in [2.75, 3.05) is 47.2 Å². The average molecular weight is 606 g/mol. The van der Waals surface area contributed by atoms with Crippen molar-refractivity contribution in [1.29, 1.82) is 0 Å². The molecule has 1 N–H and O–H groups in total. The monoisotopic (exact) mass is 604 g/mol. The third kappa shape index (κ3) is 6.37. The Bertz CT molecular complexity index is 1500. The second-order valence-electron chi connectivity index (χ2n) is 10.7. The van der Waals surface area contributed by atoms with E-state index in [1.54, 1.807) is 11.0 Å². The first-order valence-electron chi connectivity index (χ1n) is 12.8. The highest BCUT2D eigenvalue weighted by Gasteiger charge is 2.27. The highest BCUT2D eigenvalue weighted by Crippen LogP contribution is 2.36. The van der Waals surface area contributed by atoms with Crippen LogP contribution in [0.25, 0.3) is 0 Å². The molecule has 212 valence electrons. The Kier molecular flexibility index (Phi) is 7.73. The molecule has 2 aliphatic heterocycles. The van der Waals surface area contributed by atoms with E-state index in [4.69, 9.17) is 27.9 Å². The van der Waals surface area contributed by atoms with Crippen molar-refractivity contribution in [2.24, 2.45) is 0 Å². The van der Waals surface area contributed by atoms with Crippen LogP contribution in [-0.2, 0) is 21.2 Å². The number of carbonyl (C=O) groups excluding carboxylic acids is 1.